The average molecular weight is 630 g/mol. The van der Waals surface area contributed by atoms with Crippen LogP contribution in [0.2, 0.25) is 0 Å². The standard InChI is InChI=1S/C37H59NO7/c1-8-30(40)38-17-18-42-31(20-38)45-29-13-14-37-21-36(37)16-15-35(7)24-9-11-26(32(34(5,6)41)43-22(2)39)44-27(24)19-25(35)23(36)10-12-28(37)33(29,3)4/h23-29,31-32,41H,8-21H2,1-7H3/t23?,24?,25?,26?,27?,28?,29-,31?,32-,35?,36-,37?/m0/s1. The molecular weight excluding hydrogens is 570 g/mol. The molecule has 1 amide bonds. The Hall–Kier alpha value is -1.22. The first kappa shape index (κ1) is 32.3. The summed E-state index contributed by atoms with van der Waals surface area (Å²) in [5.41, 5.74) is 0.0948. The molecule has 0 aromatic heterocycles. The van der Waals surface area contributed by atoms with Gasteiger partial charge in [0.25, 0.3) is 0 Å². The number of esters is 1. The van der Waals surface area contributed by atoms with Gasteiger partial charge in [0.2, 0.25) is 5.91 Å². The summed E-state index contributed by atoms with van der Waals surface area (Å²) >= 11 is 0. The minimum absolute atomic E-state index is 0.0662. The zero-order valence-electron chi connectivity index (χ0n) is 28.9. The molecule has 0 aromatic rings. The summed E-state index contributed by atoms with van der Waals surface area (Å²) < 4.78 is 25.3. The van der Waals surface area contributed by atoms with E-state index in [1.807, 2.05) is 11.8 Å². The van der Waals surface area contributed by atoms with E-state index in [-0.39, 0.29) is 41.9 Å². The fourth-order valence-corrected chi connectivity index (χ4v) is 12.9. The van der Waals surface area contributed by atoms with Crippen LogP contribution >= 0.6 is 0 Å². The second-order valence-electron chi connectivity index (χ2n) is 17.6. The molecule has 8 nitrogen and oxygen atoms in total. The first-order valence-corrected chi connectivity index (χ1v) is 18.3. The van der Waals surface area contributed by atoms with Crippen molar-refractivity contribution >= 4 is 11.9 Å². The second kappa shape index (κ2) is 10.9. The number of aliphatic hydroxyl groups is 1. The molecule has 2 heterocycles. The summed E-state index contributed by atoms with van der Waals surface area (Å²) in [6, 6.07) is 0. The highest BCUT2D eigenvalue weighted by molar-refractivity contribution is 5.75. The van der Waals surface area contributed by atoms with Crippen LogP contribution in [0, 0.1) is 45.3 Å². The number of hydrogen-bond donors (Lipinski definition) is 1. The van der Waals surface area contributed by atoms with Crippen LogP contribution in [0.15, 0.2) is 0 Å². The van der Waals surface area contributed by atoms with Gasteiger partial charge in [-0.25, -0.2) is 0 Å². The number of ether oxygens (including phenoxy) is 4. The summed E-state index contributed by atoms with van der Waals surface area (Å²) in [5, 5.41) is 10.9. The maximum Gasteiger partial charge on any atom is 0.303 e. The van der Waals surface area contributed by atoms with Gasteiger partial charge in [0, 0.05) is 19.9 Å². The van der Waals surface area contributed by atoms with E-state index in [2.05, 4.69) is 20.8 Å². The Morgan fingerprint density at radius 1 is 1.00 bits per heavy atom. The first-order chi connectivity index (χ1) is 21.2. The number of carbonyl (C=O) groups excluding carboxylic acids is 2. The second-order valence-corrected chi connectivity index (χ2v) is 17.6. The topological polar surface area (TPSA) is 94.5 Å². The van der Waals surface area contributed by atoms with Gasteiger partial charge >= 0.3 is 5.97 Å². The number of morpholine rings is 1. The van der Waals surface area contributed by atoms with Crippen molar-refractivity contribution in [3.05, 3.63) is 0 Å². The SMILES string of the molecule is CCC(=O)N1CCOC(O[C@H]2CCC34C[C@]35CCC3(C)C6CCC([C@H](OC(C)=O)C(C)(C)O)OC6CC3C5CCC4C2(C)C)C1. The van der Waals surface area contributed by atoms with E-state index in [4.69, 9.17) is 18.9 Å². The molecule has 45 heavy (non-hydrogen) atoms. The highest BCUT2D eigenvalue weighted by Crippen LogP contribution is 2.87. The Balaban J connectivity index is 1.06. The number of carbonyl (C=O) groups is 2. The quantitative estimate of drug-likeness (QED) is 0.367. The molecule has 7 fully saturated rings. The Morgan fingerprint density at radius 3 is 2.47 bits per heavy atom. The lowest BCUT2D eigenvalue weighted by molar-refractivity contribution is -0.244. The summed E-state index contributed by atoms with van der Waals surface area (Å²) in [5.74, 6) is 2.44. The van der Waals surface area contributed by atoms with E-state index >= 15 is 0 Å². The third kappa shape index (κ3) is 4.88. The molecule has 0 bridgehead atoms. The number of rotatable bonds is 6. The highest BCUT2D eigenvalue weighted by atomic mass is 16.7. The van der Waals surface area contributed by atoms with E-state index in [0.29, 0.717) is 60.1 Å². The van der Waals surface area contributed by atoms with Gasteiger partial charge in [-0.15, -0.1) is 0 Å². The molecule has 5 aliphatic carbocycles. The van der Waals surface area contributed by atoms with Crippen LogP contribution in [0.5, 0.6) is 0 Å². The molecular formula is C37H59NO7. The Morgan fingerprint density at radius 2 is 1.76 bits per heavy atom. The molecule has 2 saturated heterocycles. The number of nitrogens with zero attached hydrogens (tertiary/aromatic N) is 1. The highest BCUT2D eigenvalue weighted by Gasteiger charge is 2.80. The van der Waals surface area contributed by atoms with Gasteiger partial charge in [-0.1, -0.05) is 27.7 Å². The monoisotopic (exact) mass is 629 g/mol. The fourth-order valence-electron chi connectivity index (χ4n) is 12.9. The molecule has 8 heteroatoms. The van der Waals surface area contributed by atoms with Crippen molar-refractivity contribution in [3.8, 4) is 0 Å². The van der Waals surface area contributed by atoms with Gasteiger partial charge < -0.3 is 29.0 Å². The normalized spacial score (nSPS) is 47.3. The summed E-state index contributed by atoms with van der Waals surface area (Å²) in [6.07, 6.45) is 11.5. The van der Waals surface area contributed by atoms with Crippen molar-refractivity contribution in [1.29, 1.82) is 0 Å². The van der Waals surface area contributed by atoms with E-state index in [9.17, 15) is 14.7 Å². The lowest BCUT2D eigenvalue weighted by atomic mass is 9.46. The Kier molecular flexibility index (Phi) is 7.83. The number of amides is 1. The van der Waals surface area contributed by atoms with E-state index in [1.54, 1.807) is 13.8 Å². The largest absolute Gasteiger partial charge is 0.457 e. The minimum Gasteiger partial charge on any atom is -0.457 e. The van der Waals surface area contributed by atoms with Crippen molar-refractivity contribution in [2.45, 2.75) is 155 Å². The van der Waals surface area contributed by atoms with Crippen LogP contribution in [-0.4, -0.2) is 77.9 Å². The molecule has 2 aliphatic heterocycles. The third-order valence-electron chi connectivity index (χ3n) is 14.9. The summed E-state index contributed by atoms with van der Waals surface area (Å²) in [7, 11) is 0. The minimum atomic E-state index is -1.15. The fraction of sp³-hybridized carbons (Fsp3) is 0.946. The van der Waals surface area contributed by atoms with Crippen molar-refractivity contribution in [3.63, 3.8) is 0 Å². The van der Waals surface area contributed by atoms with Crippen LogP contribution in [-0.2, 0) is 28.5 Å². The third-order valence-corrected chi connectivity index (χ3v) is 14.9. The number of hydrogen-bond acceptors (Lipinski definition) is 7. The van der Waals surface area contributed by atoms with Crippen molar-refractivity contribution in [1.82, 2.24) is 4.90 Å². The molecule has 2 spiro atoms. The van der Waals surface area contributed by atoms with Crippen LogP contribution in [0.25, 0.3) is 0 Å². The molecule has 1 N–H and O–H groups in total. The van der Waals surface area contributed by atoms with Gasteiger partial charge in [-0.05, 0) is 123 Å². The molecule has 0 aromatic carbocycles. The summed E-state index contributed by atoms with van der Waals surface area (Å²) in [6.45, 7) is 16.1. The maximum absolute atomic E-state index is 12.4. The van der Waals surface area contributed by atoms with Gasteiger partial charge in [-0.2, -0.15) is 0 Å². The lowest BCUT2D eigenvalue weighted by Crippen LogP contribution is -2.56. The number of fused-ring (bicyclic) bond motifs is 4. The van der Waals surface area contributed by atoms with Crippen molar-refractivity contribution in [2.75, 3.05) is 19.7 Å². The Labute approximate surface area is 270 Å². The predicted molar refractivity (Wildman–Crippen MR) is 169 cm³/mol. The zero-order chi connectivity index (χ0) is 32.2. The smallest absolute Gasteiger partial charge is 0.303 e. The van der Waals surface area contributed by atoms with Crippen molar-refractivity contribution < 1.29 is 33.6 Å². The van der Waals surface area contributed by atoms with Gasteiger partial charge in [0.1, 0.15) is 0 Å². The van der Waals surface area contributed by atoms with E-state index < -0.39 is 11.7 Å². The van der Waals surface area contributed by atoms with Gasteiger partial charge in [0.15, 0.2) is 12.4 Å². The zero-order valence-corrected chi connectivity index (χ0v) is 28.9. The molecule has 0 radical (unpaired) electrons. The van der Waals surface area contributed by atoms with Crippen LogP contribution in [0.1, 0.15) is 119 Å². The van der Waals surface area contributed by atoms with Crippen molar-refractivity contribution in [2.24, 2.45) is 45.3 Å². The maximum atomic E-state index is 12.4. The van der Waals surface area contributed by atoms with Gasteiger partial charge in [-0.3, -0.25) is 9.59 Å². The molecule has 7 rings (SSSR count). The molecule has 254 valence electrons. The van der Waals surface area contributed by atoms with E-state index in [1.165, 1.54) is 45.4 Å². The van der Waals surface area contributed by atoms with Gasteiger partial charge in [0.05, 0.1) is 37.1 Å². The predicted octanol–water partition coefficient (Wildman–Crippen LogP) is 5.88. The van der Waals surface area contributed by atoms with Crippen LogP contribution in [0.4, 0.5) is 0 Å². The molecule has 7 aliphatic rings. The summed E-state index contributed by atoms with van der Waals surface area (Å²) in [4.78, 5) is 26.2. The van der Waals surface area contributed by atoms with Crippen LogP contribution < -0.4 is 0 Å². The Bertz CT molecular complexity index is 1180. The lowest BCUT2D eigenvalue weighted by Gasteiger charge is -2.60. The first-order valence-electron chi connectivity index (χ1n) is 18.3. The molecule has 5 saturated carbocycles. The average Bonchev–Trinajstić information content (AvgIpc) is 3.56. The molecule has 9 unspecified atom stereocenters. The molecule has 12 atom stereocenters. The van der Waals surface area contributed by atoms with Crippen LogP contribution in [0.3, 0.4) is 0 Å². The van der Waals surface area contributed by atoms with E-state index in [0.717, 1.165) is 31.6 Å².